The molecule has 1 atom stereocenters. The highest BCUT2D eigenvalue weighted by atomic mass is 35.5. The van der Waals surface area contributed by atoms with Crippen LogP contribution in [0.2, 0.25) is 0 Å². The van der Waals surface area contributed by atoms with E-state index in [-0.39, 0.29) is 29.0 Å². The van der Waals surface area contributed by atoms with Gasteiger partial charge in [-0.25, -0.2) is 16.8 Å². The smallest absolute Gasteiger partial charge is 0.276 e. The van der Waals surface area contributed by atoms with Crippen LogP contribution in [-0.2, 0) is 25.7 Å². The van der Waals surface area contributed by atoms with E-state index < -0.39 is 25.9 Å². The number of rotatable bonds is 3. The van der Waals surface area contributed by atoms with E-state index in [0.717, 1.165) is 4.31 Å². The number of nitrogens with zero attached hydrogens (tertiary/aromatic N) is 1. The zero-order valence-electron chi connectivity index (χ0n) is 10.2. The molecule has 6 nitrogen and oxygen atoms in total. The molecule has 0 bridgehead atoms. The zero-order chi connectivity index (χ0) is 14.3. The summed E-state index contributed by atoms with van der Waals surface area (Å²) in [5.41, 5.74) is 0. The summed E-state index contributed by atoms with van der Waals surface area (Å²) >= 11 is 5.56. The normalized spacial score (nSPS) is 24.4. The Kier molecular flexibility index (Phi) is 3.97. The van der Waals surface area contributed by atoms with Crippen LogP contribution in [0.5, 0.6) is 0 Å². The first-order chi connectivity index (χ1) is 8.76. The van der Waals surface area contributed by atoms with E-state index in [1.165, 1.54) is 12.1 Å². The number of sulfone groups is 1. The first kappa shape index (κ1) is 14.8. The summed E-state index contributed by atoms with van der Waals surface area (Å²) in [5.74, 6) is 0.103. The van der Waals surface area contributed by atoms with Crippen molar-refractivity contribution >= 4 is 31.5 Å². The molecule has 0 radical (unpaired) electrons. The van der Waals surface area contributed by atoms with Crippen molar-refractivity contribution in [1.29, 1.82) is 0 Å². The van der Waals surface area contributed by atoms with Crippen molar-refractivity contribution in [2.75, 3.05) is 18.1 Å². The molecule has 19 heavy (non-hydrogen) atoms. The second kappa shape index (κ2) is 5.08. The predicted octanol–water partition coefficient (Wildman–Crippen LogP) is 0.826. The fourth-order valence-electron chi connectivity index (χ4n) is 2.02. The van der Waals surface area contributed by atoms with Crippen LogP contribution in [0.4, 0.5) is 0 Å². The maximum absolute atomic E-state index is 12.3. The average molecular weight is 328 g/mol. The first-order valence-electron chi connectivity index (χ1n) is 5.63. The van der Waals surface area contributed by atoms with E-state index in [9.17, 15) is 16.8 Å². The van der Waals surface area contributed by atoms with Gasteiger partial charge in [0.1, 0.15) is 5.76 Å². The lowest BCUT2D eigenvalue weighted by molar-refractivity contribution is 0.335. The molecule has 1 saturated heterocycles. The van der Waals surface area contributed by atoms with E-state index in [1.807, 2.05) is 0 Å². The Morgan fingerprint density at radius 2 is 2.16 bits per heavy atom. The summed E-state index contributed by atoms with van der Waals surface area (Å²) in [6.45, 7) is 1.52. The van der Waals surface area contributed by atoms with Gasteiger partial charge in [-0.05, 0) is 19.1 Å². The van der Waals surface area contributed by atoms with Crippen molar-refractivity contribution < 1.29 is 21.3 Å². The van der Waals surface area contributed by atoms with Gasteiger partial charge in [-0.15, -0.1) is 11.6 Å². The van der Waals surface area contributed by atoms with Crippen LogP contribution in [0.3, 0.4) is 0 Å². The van der Waals surface area contributed by atoms with Gasteiger partial charge in [-0.1, -0.05) is 0 Å². The largest absolute Gasteiger partial charge is 0.447 e. The van der Waals surface area contributed by atoms with Crippen molar-refractivity contribution in [2.24, 2.45) is 0 Å². The highest BCUT2D eigenvalue weighted by molar-refractivity contribution is 7.92. The van der Waals surface area contributed by atoms with Crippen LogP contribution < -0.4 is 0 Å². The SMILES string of the molecule is CC1CS(=O)(=O)CCN1S(=O)(=O)c1ccc(CCl)o1. The topological polar surface area (TPSA) is 84.7 Å². The fourth-order valence-corrected chi connectivity index (χ4v) is 5.50. The third kappa shape index (κ3) is 2.96. The van der Waals surface area contributed by atoms with Crippen molar-refractivity contribution in [3.63, 3.8) is 0 Å². The number of halogens is 1. The summed E-state index contributed by atoms with van der Waals surface area (Å²) in [5, 5.41) is -0.200. The maximum atomic E-state index is 12.3. The molecule has 0 saturated carbocycles. The van der Waals surface area contributed by atoms with Crippen molar-refractivity contribution in [3.8, 4) is 0 Å². The van der Waals surface area contributed by atoms with Crippen LogP contribution in [-0.4, -0.2) is 45.2 Å². The number of alkyl halides is 1. The molecule has 1 fully saturated rings. The summed E-state index contributed by atoms with van der Waals surface area (Å²) < 4.78 is 53.9. The Labute approximate surface area is 117 Å². The van der Waals surface area contributed by atoms with Crippen molar-refractivity contribution in [1.82, 2.24) is 4.31 Å². The summed E-state index contributed by atoms with van der Waals surface area (Å²) in [7, 11) is -6.97. The standard InChI is InChI=1S/C10H14ClNO5S2/c1-8-7-18(13,14)5-4-12(8)19(15,16)10-3-2-9(6-11)17-10/h2-3,8H,4-7H2,1H3. The van der Waals surface area contributed by atoms with Crippen molar-refractivity contribution in [2.45, 2.75) is 23.9 Å². The lowest BCUT2D eigenvalue weighted by Gasteiger charge is -2.31. The maximum Gasteiger partial charge on any atom is 0.276 e. The highest BCUT2D eigenvalue weighted by Crippen LogP contribution is 2.24. The van der Waals surface area contributed by atoms with Gasteiger partial charge >= 0.3 is 0 Å². The molecule has 0 spiro atoms. The number of hydrogen-bond acceptors (Lipinski definition) is 5. The number of hydrogen-bond donors (Lipinski definition) is 0. The van der Waals surface area contributed by atoms with E-state index in [4.69, 9.17) is 16.0 Å². The predicted molar refractivity (Wildman–Crippen MR) is 70.3 cm³/mol. The third-order valence-electron chi connectivity index (χ3n) is 2.94. The Balaban J connectivity index is 2.30. The fraction of sp³-hybridized carbons (Fsp3) is 0.600. The molecule has 0 aromatic carbocycles. The second-order valence-corrected chi connectivity index (χ2v) is 8.75. The van der Waals surface area contributed by atoms with Gasteiger partial charge in [-0.3, -0.25) is 0 Å². The quantitative estimate of drug-likeness (QED) is 0.768. The summed E-state index contributed by atoms with van der Waals surface area (Å²) in [4.78, 5) is 0. The number of sulfonamides is 1. The van der Waals surface area contributed by atoms with Gasteiger partial charge in [0, 0.05) is 12.6 Å². The van der Waals surface area contributed by atoms with Crippen LogP contribution in [0.1, 0.15) is 12.7 Å². The van der Waals surface area contributed by atoms with Crippen LogP contribution in [0.25, 0.3) is 0 Å². The molecule has 0 N–H and O–H groups in total. The minimum absolute atomic E-state index is 0.0528. The number of furan rings is 1. The summed E-state index contributed by atoms with van der Waals surface area (Å²) in [6, 6.07) is 2.22. The molecule has 0 aliphatic carbocycles. The van der Waals surface area contributed by atoms with E-state index in [0.29, 0.717) is 5.76 Å². The Bertz CT molecular complexity index is 664. The first-order valence-corrected chi connectivity index (χ1v) is 9.43. The molecule has 1 aliphatic heterocycles. The van der Waals surface area contributed by atoms with Gasteiger partial charge in [0.25, 0.3) is 10.0 Å². The molecule has 2 heterocycles. The average Bonchev–Trinajstić information content (AvgIpc) is 2.76. The van der Waals surface area contributed by atoms with Crippen LogP contribution in [0.15, 0.2) is 21.6 Å². The lowest BCUT2D eigenvalue weighted by atomic mass is 10.4. The van der Waals surface area contributed by atoms with Gasteiger partial charge in [-0.2, -0.15) is 4.31 Å². The van der Waals surface area contributed by atoms with E-state index in [2.05, 4.69) is 0 Å². The van der Waals surface area contributed by atoms with Crippen molar-refractivity contribution in [3.05, 3.63) is 17.9 Å². The molecule has 1 aliphatic rings. The molecule has 108 valence electrons. The van der Waals surface area contributed by atoms with Gasteiger partial charge in [0.15, 0.2) is 9.84 Å². The Morgan fingerprint density at radius 3 is 2.68 bits per heavy atom. The van der Waals surface area contributed by atoms with Crippen LogP contribution in [0, 0.1) is 0 Å². The summed E-state index contributed by atoms with van der Waals surface area (Å²) in [6.07, 6.45) is 0. The Morgan fingerprint density at radius 1 is 1.47 bits per heavy atom. The monoisotopic (exact) mass is 327 g/mol. The second-order valence-electron chi connectivity index (χ2n) is 4.43. The van der Waals surface area contributed by atoms with Gasteiger partial charge < -0.3 is 4.42 Å². The van der Waals surface area contributed by atoms with Gasteiger partial charge in [0.05, 0.1) is 17.4 Å². The zero-order valence-corrected chi connectivity index (χ0v) is 12.6. The Hall–Kier alpha value is -0.570. The molecule has 0 amide bonds. The lowest BCUT2D eigenvalue weighted by Crippen LogP contribution is -2.49. The molecule has 1 aromatic rings. The minimum Gasteiger partial charge on any atom is -0.447 e. The molecule has 9 heteroatoms. The molecular weight excluding hydrogens is 314 g/mol. The van der Waals surface area contributed by atoms with Gasteiger partial charge in [0.2, 0.25) is 5.09 Å². The molecule has 1 aromatic heterocycles. The van der Waals surface area contributed by atoms with E-state index in [1.54, 1.807) is 6.92 Å². The van der Waals surface area contributed by atoms with Crippen LogP contribution >= 0.6 is 11.6 Å². The minimum atomic E-state index is -3.81. The molecule has 2 rings (SSSR count). The third-order valence-corrected chi connectivity index (χ3v) is 6.89. The molecule has 1 unspecified atom stereocenters. The molecular formula is C10H14ClNO5S2. The van der Waals surface area contributed by atoms with E-state index >= 15 is 0 Å². The highest BCUT2D eigenvalue weighted by Gasteiger charge is 2.38.